The van der Waals surface area contributed by atoms with Crippen LogP contribution in [0.4, 0.5) is 4.39 Å². The molecule has 5 nitrogen and oxygen atoms in total. The molecule has 126 valence electrons. The van der Waals surface area contributed by atoms with Gasteiger partial charge in [-0.15, -0.1) is 0 Å². The van der Waals surface area contributed by atoms with Gasteiger partial charge in [-0.2, -0.15) is 0 Å². The van der Waals surface area contributed by atoms with Gasteiger partial charge in [0.2, 0.25) is 5.88 Å². The summed E-state index contributed by atoms with van der Waals surface area (Å²) < 4.78 is 29.9. The minimum Gasteiger partial charge on any atom is -0.494 e. The maximum absolute atomic E-state index is 13.9. The highest BCUT2D eigenvalue weighted by atomic mass is 19.1. The summed E-state index contributed by atoms with van der Waals surface area (Å²) in [7, 11) is 2.98. The zero-order valence-electron chi connectivity index (χ0n) is 14.0. The monoisotopic (exact) mass is 338 g/mol. The summed E-state index contributed by atoms with van der Waals surface area (Å²) in [6, 6.07) is 8.68. The van der Waals surface area contributed by atoms with Crippen LogP contribution in [0.25, 0.3) is 33.3 Å². The largest absolute Gasteiger partial charge is 0.494 e. The van der Waals surface area contributed by atoms with Crippen molar-refractivity contribution in [1.82, 2.24) is 9.97 Å². The van der Waals surface area contributed by atoms with Gasteiger partial charge >= 0.3 is 0 Å². The van der Waals surface area contributed by atoms with Crippen LogP contribution in [-0.4, -0.2) is 24.2 Å². The number of aromatic nitrogens is 2. The summed E-state index contributed by atoms with van der Waals surface area (Å²) >= 11 is 0. The zero-order chi connectivity index (χ0) is 17.6. The third kappa shape index (κ3) is 2.55. The summed E-state index contributed by atoms with van der Waals surface area (Å²) in [5, 5.41) is 0.754. The number of ether oxygens (including phenoxy) is 2. The highest BCUT2D eigenvalue weighted by Gasteiger charge is 2.15. The lowest BCUT2D eigenvalue weighted by Crippen LogP contribution is -1.93. The van der Waals surface area contributed by atoms with Crippen LogP contribution in [0, 0.1) is 12.7 Å². The molecule has 25 heavy (non-hydrogen) atoms. The molecular formula is C19H15FN2O3. The SMILES string of the molecule is COc1cnc2c(-c3cc4cc(OC)c(F)cc4o3)cc(C)cc2n1. The van der Waals surface area contributed by atoms with E-state index in [2.05, 4.69) is 9.97 Å². The molecule has 4 aromatic rings. The summed E-state index contributed by atoms with van der Waals surface area (Å²) in [4.78, 5) is 8.87. The van der Waals surface area contributed by atoms with Crippen molar-refractivity contribution >= 4 is 22.0 Å². The van der Waals surface area contributed by atoms with Crippen LogP contribution in [0.5, 0.6) is 11.6 Å². The smallest absolute Gasteiger partial charge is 0.232 e. The van der Waals surface area contributed by atoms with E-state index in [0.29, 0.717) is 28.3 Å². The lowest BCUT2D eigenvalue weighted by atomic mass is 10.1. The van der Waals surface area contributed by atoms with Gasteiger partial charge in [0.25, 0.3) is 0 Å². The van der Waals surface area contributed by atoms with Crippen molar-refractivity contribution in [2.45, 2.75) is 6.92 Å². The molecule has 2 aromatic carbocycles. The number of nitrogens with zero attached hydrogens (tertiary/aromatic N) is 2. The van der Waals surface area contributed by atoms with E-state index in [9.17, 15) is 4.39 Å². The highest BCUT2D eigenvalue weighted by Crippen LogP contribution is 2.35. The lowest BCUT2D eigenvalue weighted by molar-refractivity contribution is 0.387. The summed E-state index contributed by atoms with van der Waals surface area (Å²) in [6.07, 6.45) is 1.56. The van der Waals surface area contributed by atoms with Gasteiger partial charge in [0.1, 0.15) is 11.3 Å². The van der Waals surface area contributed by atoms with Gasteiger partial charge in [-0.3, -0.25) is 0 Å². The Kier molecular flexibility index (Phi) is 3.53. The molecule has 0 aliphatic rings. The third-order valence-corrected chi connectivity index (χ3v) is 4.03. The highest BCUT2D eigenvalue weighted by molar-refractivity contribution is 5.94. The number of rotatable bonds is 3. The van der Waals surface area contributed by atoms with Crippen molar-refractivity contribution in [3.05, 3.63) is 47.9 Å². The Morgan fingerprint density at radius 3 is 2.64 bits per heavy atom. The fourth-order valence-corrected chi connectivity index (χ4v) is 2.86. The summed E-state index contributed by atoms with van der Waals surface area (Å²) in [5.74, 6) is 0.754. The lowest BCUT2D eigenvalue weighted by Gasteiger charge is -2.06. The molecule has 4 rings (SSSR count). The number of hydrogen-bond donors (Lipinski definition) is 0. The molecule has 0 aliphatic carbocycles. The van der Waals surface area contributed by atoms with Crippen molar-refractivity contribution in [1.29, 1.82) is 0 Å². The first-order chi connectivity index (χ1) is 12.1. The van der Waals surface area contributed by atoms with E-state index in [1.54, 1.807) is 19.4 Å². The first-order valence-electron chi connectivity index (χ1n) is 7.68. The Hall–Kier alpha value is -3.15. The number of aryl methyl sites for hydroxylation is 1. The van der Waals surface area contributed by atoms with E-state index in [-0.39, 0.29) is 5.75 Å². The fraction of sp³-hybridized carbons (Fsp3) is 0.158. The van der Waals surface area contributed by atoms with E-state index in [0.717, 1.165) is 16.5 Å². The molecule has 0 radical (unpaired) electrons. The normalized spacial score (nSPS) is 11.2. The maximum atomic E-state index is 13.9. The fourth-order valence-electron chi connectivity index (χ4n) is 2.86. The number of fused-ring (bicyclic) bond motifs is 2. The molecule has 0 saturated heterocycles. The molecule has 6 heteroatoms. The van der Waals surface area contributed by atoms with E-state index in [1.165, 1.54) is 13.2 Å². The molecule has 0 aliphatic heterocycles. The van der Waals surface area contributed by atoms with Crippen LogP contribution >= 0.6 is 0 Å². The van der Waals surface area contributed by atoms with Crippen LogP contribution in [0.15, 0.2) is 40.9 Å². The number of benzene rings is 2. The van der Waals surface area contributed by atoms with Crippen LogP contribution in [0.2, 0.25) is 0 Å². The quantitative estimate of drug-likeness (QED) is 0.550. The van der Waals surface area contributed by atoms with Gasteiger partial charge < -0.3 is 13.9 Å². The average molecular weight is 338 g/mol. The Bertz CT molecular complexity index is 1100. The van der Waals surface area contributed by atoms with Gasteiger partial charge in [0.15, 0.2) is 11.6 Å². The molecule has 0 amide bonds. The predicted octanol–water partition coefficient (Wildman–Crippen LogP) is 4.51. The third-order valence-electron chi connectivity index (χ3n) is 4.03. The Labute approximate surface area is 143 Å². The van der Waals surface area contributed by atoms with Crippen LogP contribution in [0.3, 0.4) is 0 Å². The van der Waals surface area contributed by atoms with Crippen LogP contribution < -0.4 is 9.47 Å². The molecule has 0 fully saturated rings. The number of hydrogen-bond acceptors (Lipinski definition) is 5. The van der Waals surface area contributed by atoms with Crippen molar-refractivity contribution < 1.29 is 18.3 Å². The minimum absolute atomic E-state index is 0.179. The van der Waals surface area contributed by atoms with Crippen molar-refractivity contribution in [3.63, 3.8) is 0 Å². The molecule has 0 atom stereocenters. The van der Waals surface area contributed by atoms with E-state index < -0.39 is 5.82 Å². The van der Waals surface area contributed by atoms with Gasteiger partial charge in [0, 0.05) is 17.0 Å². The second-order valence-corrected chi connectivity index (χ2v) is 5.73. The topological polar surface area (TPSA) is 57.4 Å². The molecule has 0 spiro atoms. The van der Waals surface area contributed by atoms with Gasteiger partial charge in [-0.1, -0.05) is 0 Å². The Morgan fingerprint density at radius 1 is 1.04 bits per heavy atom. The number of halogens is 1. The van der Waals surface area contributed by atoms with E-state index in [4.69, 9.17) is 13.9 Å². The molecule has 2 aromatic heterocycles. The van der Waals surface area contributed by atoms with E-state index in [1.807, 2.05) is 25.1 Å². The molecule has 0 saturated carbocycles. The van der Waals surface area contributed by atoms with Crippen molar-refractivity contribution in [2.24, 2.45) is 0 Å². The average Bonchev–Trinajstić information content (AvgIpc) is 3.02. The summed E-state index contributed by atoms with van der Waals surface area (Å²) in [6.45, 7) is 1.97. The van der Waals surface area contributed by atoms with E-state index >= 15 is 0 Å². The molecular weight excluding hydrogens is 323 g/mol. The number of methoxy groups -OCH3 is 2. The standard InChI is InChI=1S/C19H15FN2O3/c1-10-4-12(19-14(5-10)22-18(24-3)9-21-19)16-6-11-7-17(23-2)13(20)8-15(11)25-16/h4-9H,1-3H3. The second-order valence-electron chi connectivity index (χ2n) is 5.73. The Balaban J connectivity index is 1.96. The molecule has 0 bridgehead atoms. The van der Waals surface area contributed by atoms with Gasteiger partial charge in [-0.05, 0) is 36.8 Å². The zero-order valence-corrected chi connectivity index (χ0v) is 14.0. The van der Waals surface area contributed by atoms with Gasteiger partial charge in [0.05, 0.1) is 31.4 Å². The molecule has 2 heterocycles. The molecule has 0 N–H and O–H groups in total. The van der Waals surface area contributed by atoms with Crippen LogP contribution in [0.1, 0.15) is 5.56 Å². The second kappa shape index (κ2) is 5.73. The predicted molar refractivity (Wildman–Crippen MR) is 92.5 cm³/mol. The first-order valence-corrected chi connectivity index (χ1v) is 7.68. The van der Waals surface area contributed by atoms with Crippen molar-refractivity contribution in [2.75, 3.05) is 14.2 Å². The summed E-state index contributed by atoms with van der Waals surface area (Å²) in [5.41, 5.74) is 3.65. The van der Waals surface area contributed by atoms with Crippen molar-refractivity contribution in [3.8, 4) is 23.0 Å². The van der Waals surface area contributed by atoms with Crippen LogP contribution in [-0.2, 0) is 0 Å². The molecule has 0 unspecified atom stereocenters. The number of furan rings is 1. The minimum atomic E-state index is -0.463. The van der Waals surface area contributed by atoms with Gasteiger partial charge in [-0.25, -0.2) is 14.4 Å². The first kappa shape index (κ1) is 15.4. The Morgan fingerprint density at radius 2 is 1.88 bits per heavy atom. The maximum Gasteiger partial charge on any atom is 0.232 e.